The molecule has 0 fully saturated rings. The third-order valence-electron chi connectivity index (χ3n) is 3.36. The summed E-state index contributed by atoms with van der Waals surface area (Å²) in [5.74, 6) is 0.0720. The van der Waals surface area contributed by atoms with Crippen LogP contribution in [-0.4, -0.2) is 19.5 Å². The maximum Gasteiger partial charge on any atom is 0.221 e. The van der Waals surface area contributed by atoms with Crippen LogP contribution >= 0.6 is 0 Å². The summed E-state index contributed by atoms with van der Waals surface area (Å²) in [4.78, 5) is 11.1. The Morgan fingerprint density at radius 1 is 1.21 bits per heavy atom. The average molecular weight is 262 g/mol. The molecule has 0 aliphatic rings. The molecule has 0 aliphatic heterocycles. The Balaban J connectivity index is 2.53. The lowest BCUT2D eigenvalue weighted by Gasteiger charge is -2.20. The average Bonchev–Trinajstić information content (AvgIpc) is 2.37. The van der Waals surface area contributed by atoms with E-state index in [-0.39, 0.29) is 17.4 Å². The van der Waals surface area contributed by atoms with Crippen molar-refractivity contribution in [1.82, 2.24) is 10.6 Å². The molecule has 0 saturated heterocycles. The first-order chi connectivity index (χ1) is 8.84. The molecule has 19 heavy (non-hydrogen) atoms. The van der Waals surface area contributed by atoms with Crippen molar-refractivity contribution in [3.8, 4) is 0 Å². The molecule has 1 unspecified atom stereocenters. The van der Waals surface area contributed by atoms with E-state index >= 15 is 0 Å². The van der Waals surface area contributed by atoms with Crippen LogP contribution < -0.4 is 10.6 Å². The summed E-state index contributed by atoms with van der Waals surface area (Å²) >= 11 is 0. The van der Waals surface area contributed by atoms with Gasteiger partial charge in [-0.25, -0.2) is 0 Å². The van der Waals surface area contributed by atoms with Gasteiger partial charge in [0.1, 0.15) is 0 Å². The van der Waals surface area contributed by atoms with E-state index in [2.05, 4.69) is 62.6 Å². The van der Waals surface area contributed by atoms with Crippen molar-refractivity contribution in [3.63, 3.8) is 0 Å². The molecule has 0 aromatic heterocycles. The summed E-state index contributed by atoms with van der Waals surface area (Å²) < 4.78 is 0. The van der Waals surface area contributed by atoms with Gasteiger partial charge in [-0.1, -0.05) is 45.0 Å². The van der Waals surface area contributed by atoms with Crippen molar-refractivity contribution in [2.24, 2.45) is 0 Å². The predicted molar refractivity (Wildman–Crippen MR) is 80.2 cm³/mol. The van der Waals surface area contributed by atoms with E-state index in [1.807, 2.05) is 0 Å². The Labute approximate surface area is 116 Å². The standard InChI is InChI=1S/C16H26N2O/c1-12(18-11-10-15(19)17-5)13-6-8-14(9-7-13)16(2,3)4/h6-9,12,18H,10-11H2,1-5H3,(H,17,19). The van der Waals surface area contributed by atoms with Crippen LogP contribution in [0.25, 0.3) is 0 Å². The number of hydrogen-bond acceptors (Lipinski definition) is 2. The minimum Gasteiger partial charge on any atom is -0.359 e. The van der Waals surface area contributed by atoms with E-state index in [9.17, 15) is 4.79 Å². The minimum absolute atomic E-state index is 0.0720. The number of nitrogens with one attached hydrogen (secondary N) is 2. The number of amides is 1. The van der Waals surface area contributed by atoms with Crippen LogP contribution in [0.3, 0.4) is 0 Å². The minimum atomic E-state index is 0.0720. The third-order valence-corrected chi connectivity index (χ3v) is 3.36. The van der Waals surface area contributed by atoms with E-state index in [1.165, 1.54) is 11.1 Å². The zero-order chi connectivity index (χ0) is 14.5. The predicted octanol–water partition coefficient (Wildman–Crippen LogP) is 2.77. The molecular weight excluding hydrogens is 236 g/mol. The van der Waals surface area contributed by atoms with Gasteiger partial charge in [0.2, 0.25) is 5.91 Å². The first kappa shape index (κ1) is 15.7. The molecule has 3 nitrogen and oxygen atoms in total. The Morgan fingerprint density at radius 2 is 1.79 bits per heavy atom. The molecule has 0 radical (unpaired) electrons. The largest absolute Gasteiger partial charge is 0.359 e. The van der Waals surface area contributed by atoms with Gasteiger partial charge in [0.25, 0.3) is 0 Å². The van der Waals surface area contributed by atoms with Gasteiger partial charge < -0.3 is 10.6 Å². The number of carbonyl (C=O) groups is 1. The highest BCUT2D eigenvalue weighted by molar-refractivity contribution is 5.75. The summed E-state index contributed by atoms with van der Waals surface area (Å²) in [6.45, 7) is 9.46. The first-order valence-electron chi connectivity index (χ1n) is 6.89. The quantitative estimate of drug-likeness (QED) is 0.856. The topological polar surface area (TPSA) is 41.1 Å². The van der Waals surface area contributed by atoms with Gasteiger partial charge >= 0.3 is 0 Å². The van der Waals surface area contributed by atoms with Crippen molar-refractivity contribution in [3.05, 3.63) is 35.4 Å². The second-order valence-corrected chi connectivity index (χ2v) is 5.97. The maximum atomic E-state index is 11.1. The third kappa shape index (κ3) is 5.03. The van der Waals surface area contributed by atoms with Crippen LogP contribution in [0.15, 0.2) is 24.3 Å². The molecule has 2 N–H and O–H groups in total. The smallest absolute Gasteiger partial charge is 0.221 e. The van der Waals surface area contributed by atoms with Crippen molar-refractivity contribution in [2.45, 2.75) is 45.6 Å². The zero-order valence-electron chi connectivity index (χ0n) is 12.7. The van der Waals surface area contributed by atoms with Crippen LogP contribution in [0.1, 0.15) is 51.3 Å². The van der Waals surface area contributed by atoms with E-state index < -0.39 is 0 Å². The van der Waals surface area contributed by atoms with Crippen molar-refractivity contribution < 1.29 is 4.79 Å². The lowest BCUT2D eigenvalue weighted by molar-refractivity contribution is -0.120. The normalized spacial score (nSPS) is 13.1. The molecule has 106 valence electrons. The second kappa shape index (κ2) is 6.71. The summed E-state index contributed by atoms with van der Waals surface area (Å²) in [6.07, 6.45) is 0.515. The van der Waals surface area contributed by atoms with Crippen LogP contribution in [0.2, 0.25) is 0 Å². The summed E-state index contributed by atoms with van der Waals surface area (Å²) in [6, 6.07) is 8.97. The van der Waals surface area contributed by atoms with Gasteiger partial charge in [0, 0.05) is 26.1 Å². The van der Waals surface area contributed by atoms with Gasteiger partial charge in [0.15, 0.2) is 0 Å². The number of hydrogen-bond donors (Lipinski definition) is 2. The van der Waals surface area contributed by atoms with E-state index in [1.54, 1.807) is 7.05 Å². The fraction of sp³-hybridized carbons (Fsp3) is 0.562. The Bertz CT molecular complexity index is 404. The molecule has 0 bridgehead atoms. The lowest BCUT2D eigenvalue weighted by atomic mass is 9.86. The molecule has 3 heteroatoms. The molecule has 0 spiro atoms. The molecule has 1 amide bonds. The van der Waals surface area contributed by atoms with E-state index in [4.69, 9.17) is 0 Å². The van der Waals surface area contributed by atoms with Crippen molar-refractivity contribution in [2.75, 3.05) is 13.6 Å². The highest BCUT2D eigenvalue weighted by Crippen LogP contribution is 2.23. The fourth-order valence-electron chi connectivity index (χ4n) is 1.92. The molecule has 1 rings (SSSR count). The zero-order valence-corrected chi connectivity index (χ0v) is 12.7. The summed E-state index contributed by atoms with van der Waals surface area (Å²) in [5, 5.41) is 5.99. The molecule has 0 saturated carbocycles. The Morgan fingerprint density at radius 3 is 2.26 bits per heavy atom. The lowest BCUT2D eigenvalue weighted by Crippen LogP contribution is -2.26. The Hall–Kier alpha value is -1.35. The summed E-state index contributed by atoms with van der Waals surface area (Å²) in [7, 11) is 1.66. The molecule has 1 aromatic carbocycles. The highest BCUT2D eigenvalue weighted by Gasteiger charge is 2.13. The van der Waals surface area contributed by atoms with Gasteiger partial charge in [-0.05, 0) is 23.5 Å². The van der Waals surface area contributed by atoms with Gasteiger partial charge in [-0.2, -0.15) is 0 Å². The SMILES string of the molecule is CNC(=O)CCNC(C)c1ccc(C(C)(C)C)cc1. The summed E-state index contributed by atoms with van der Waals surface area (Å²) in [5.41, 5.74) is 2.78. The molecule has 0 aliphatic carbocycles. The van der Waals surface area contributed by atoms with Crippen molar-refractivity contribution >= 4 is 5.91 Å². The van der Waals surface area contributed by atoms with Crippen LogP contribution in [0.4, 0.5) is 0 Å². The maximum absolute atomic E-state index is 11.1. The van der Waals surface area contributed by atoms with E-state index in [0.717, 1.165) is 0 Å². The number of rotatable bonds is 5. The van der Waals surface area contributed by atoms with Gasteiger partial charge in [0.05, 0.1) is 0 Å². The molecule has 1 aromatic rings. The van der Waals surface area contributed by atoms with Gasteiger partial charge in [-0.3, -0.25) is 4.79 Å². The molecule has 0 heterocycles. The first-order valence-corrected chi connectivity index (χ1v) is 6.89. The van der Waals surface area contributed by atoms with Crippen molar-refractivity contribution in [1.29, 1.82) is 0 Å². The van der Waals surface area contributed by atoms with Gasteiger partial charge in [-0.15, -0.1) is 0 Å². The Kier molecular flexibility index (Phi) is 5.55. The molecular formula is C16H26N2O. The number of carbonyl (C=O) groups excluding carboxylic acids is 1. The van der Waals surface area contributed by atoms with Crippen LogP contribution in [0, 0.1) is 0 Å². The molecule has 1 atom stereocenters. The number of benzene rings is 1. The highest BCUT2D eigenvalue weighted by atomic mass is 16.1. The second-order valence-electron chi connectivity index (χ2n) is 5.97. The monoisotopic (exact) mass is 262 g/mol. The van der Waals surface area contributed by atoms with Crippen LogP contribution in [0.5, 0.6) is 0 Å². The fourth-order valence-corrected chi connectivity index (χ4v) is 1.92. The van der Waals surface area contributed by atoms with E-state index in [0.29, 0.717) is 13.0 Å². The van der Waals surface area contributed by atoms with Crippen LogP contribution in [-0.2, 0) is 10.2 Å².